The van der Waals surface area contributed by atoms with E-state index in [1.54, 1.807) is 24.3 Å². The molecular weight excluding hydrogens is 316 g/mol. The second-order valence-electron chi connectivity index (χ2n) is 5.83. The molecule has 0 fully saturated rings. The monoisotopic (exact) mass is 340 g/mol. The number of carbonyl (C=O) groups is 2. The Balaban J connectivity index is 2.75. The summed E-state index contributed by atoms with van der Waals surface area (Å²) in [6, 6.07) is 5.78. The average Bonchev–Trinajstić information content (AvgIpc) is 2.52. The average molecular weight is 341 g/mol. The molecule has 1 aromatic rings. The number of aliphatic hydroxyl groups excluding tert-OH is 1. The second kappa shape index (κ2) is 9.53. The van der Waals surface area contributed by atoms with Crippen LogP contribution in [0.25, 0.3) is 0 Å². The standard InChI is InChI=1S/C17H25ClN2O3/c1-4-14(9-10-21)19-17(23)15(11(2)3)20-16(22)12-5-7-13(18)8-6-12/h5-8,11,14-15,21H,4,9-10H2,1-3H3,(H,19,23)(H,20,22). The van der Waals surface area contributed by atoms with Gasteiger partial charge in [0.25, 0.3) is 5.91 Å². The number of nitrogens with one attached hydrogen (secondary N) is 2. The van der Waals surface area contributed by atoms with Crippen LogP contribution in [0.1, 0.15) is 44.0 Å². The number of hydrogen-bond donors (Lipinski definition) is 3. The van der Waals surface area contributed by atoms with Gasteiger partial charge in [-0.2, -0.15) is 0 Å². The van der Waals surface area contributed by atoms with E-state index in [4.69, 9.17) is 16.7 Å². The van der Waals surface area contributed by atoms with Crippen molar-refractivity contribution in [2.24, 2.45) is 5.92 Å². The van der Waals surface area contributed by atoms with Gasteiger partial charge in [-0.3, -0.25) is 9.59 Å². The summed E-state index contributed by atoms with van der Waals surface area (Å²) >= 11 is 5.81. The highest BCUT2D eigenvalue weighted by Gasteiger charge is 2.26. The van der Waals surface area contributed by atoms with Crippen molar-refractivity contribution >= 4 is 23.4 Å². The van der Waals surface area contributed by atoms with Crippen LogP contribution >= 0.6 is 11.6 Å². The topological polar surface area (TPSA) is 78.4 Å². The van der Waals surface area contributed by atoms with Gasteiger partial charge in [-0.25, -0.2) is 0 Å². The Bertz CT molecular complexity index is 517. The van der Waals surface area contributed by atoms with Crippen LogP contribution in [0.15, 0.2) is 24.3 Å². The summed E-state index contributed by atoms with van der Waals surface area (Å²) in [5.41, 5.74) is 0.454. The Labute approximate surface area is 142 Å². The summed E-state index contributed by atoms with van der Waals surface area (Å²) in [4.78, 5) is 24.7. The smallest absolute Gasteiger partial charge is 0.251 e. The third-order valence-electron chi connectivity index (χ3n) is 3.66. The lowest BCUT2D eigenvalue weighted by Gasteiger charge is -2.25. The van der Waals surface area contributed by atoms with Crippen molar-refractivity contribution in [1.82, 2.24) is 10.6 Å². The zero-order valence-corrected chi connectivity index (χ0v) is 14.6. The number of benzene rings is 1. The van der Waals surface area contributed by atoms with Crippen LogP contribution in [0.3, 0.4) is 0 Å². The van der Waals surface area contributed by atoms with E-state index in [1.165, 1.54) is 0 Å². The molecule has 128 valence electrons. The van der Waals surface area contributed by atoms with Crippen LogP contribution in [0, 0.1) is 5.92 Å². The SMILES string of the molecule is CCC(CCO)NC(=O)C(NC(=O)c1ccc(Cl)cc1)C(C)C. The highest BCUT2D eigenvalue weighted by molar-refractivity contribution is 6.30. The molecule has 3 N–H and O–H groups in total. The summed E-state index contributed by atoms with van der Waals surface area (Å²) in [6.07, 6.45) is 1.22. The molecule has 0 saturated heterocycles. The lowest BCUT2D eigenvalue weighted by Crippen LogP contribution is -2.52. The number of halogens is 1. The van der Waals surface area contributed by atoms with E-state index in [9.17, 15) is 9.59 Å². The first-order valence-electron chi connectivity index (χ1n) is 7.86. The maximum atomic E-state index is 12.4. The number of hydrogen-bond acceptors (Lipinski definition) is 3. The van der Waals surface area contributed by atoms with Crippen molar-refractivity contribution in [1.29, 1.82) is 0 Å². The molecule has 0 aliphatic rings. The first-order valence-corrected chi connectivity index (χ1v) is 8.24. The minimum absolute atomic E-state index is 0.0161. The van der Waals surface area contributed by atoms with Crippen molar-refractivity contribution < 1.29 is 14.7 Å². The van der Waals surface area contributed by atoms with Crippen LogP contribution in [-0.4, -0.2) is 35.6 Å². The van der Waals surface area contributed by atoms with E-state index in [1.807, 2.05) is 20.8 Å². The number of rotatable bonds is 8. The van der Waals surface area contributed by atoms with Crippen LogP contribution < -0.4 is 10.6 Å². The summed E-state index contributed by atoms with van der Waals surface area (Å²) in [5.74, 6) is -0.605. The predicted octanol–water partition coefficient (Wildman–Crippen LogP) is 2.37. The largest absolute Gasteiger partial charge is 0.396 e. The molecule has 0 aromatic heterocycles. The third kappa shape index (κ3) is 6.20. The zero-order chi connectivity index (χ0) is 17.4. The Morgan fingerprint density at radius 2 is 1.78 bits per heavy atom. The fourth-order valence-electron chi connectivity index (χ4n) is 2.19. The molecule has 0 radical (unpaired) electrons. The quantitative estimate of drug-likeness (QED) is 0.679. The Hall–Kier alpha value is -1.59. The number of aliphatic hydroxyl groups is 1. The summed E-state index contributed by atoms with van der Waals surface area (Å²) in [5, 5.41) is 15.2. The van der Waals surface area contributed by atoms with Gasteiger partial charge >= 0.3 is 0 Å². The second-order valence-corrected chi connectivity index (χ2v) is 6.26. The van der Waals surface area contributed by atoms with Gasteiger partial charge in [0.15, 0.2) is 0 Å². The molecule has 23 heavy (non-hydrogen) atoms. The van der Waals surface area contributed by atoms with Crippen molar-refractivity contribution in [2.75, 3.05) is 6.61 Å². The van der Waals surface area contributed by atoms with Crippen molar-refractivity contribution in [3.8, 4) is 0 Å². The van der Waals surface area contributed by atoms with Gasteiger partial charge in [-0.1, -0.05) is 32.4 Å². The number of carbonyl (C=O) groups excluding carboxylic acids is 2. The molecule has 0 bridgehead atoms. The first kappa shape index (κ1) is 19.5. The van der Waals surface area contributed by atoms with Gasteiger partial charge in [-0.15, -0.1) is 0 Å². The summed E-state index contributed by atoms with van der Waals surface area (Å²) in [6.45, 7) is 5.71. The minimum Gasteiger partial charge on any atom is -0.396 e. The highest BCUT2D eigenvalue weighted by Crippen LogP contribution is 2.11. The molecule has 6 heteroatoms. The van der Waals surface area contributed by atoms with Crippen molar-refractivity contribution in [3.63, 3.8) is 0 Å². The molecule has 0 aliphatic heterocycles. The highest BCUT2D eigenvalue weighted by atomic mass is 35.5. The van der Waals surface area contributed by atoms with Crippen LogP contribution in [0.4, 0.5) is 0 Å². The predicted molar refractivity (Wildman–Crippen MR) is 91.5 cm³/mol. The lowest BCUT2D eigenvalue weighted by atomic mass is 10.0. The van der Waals surface area contributed by atoms with Crippen LogP contribution in [-0.2, 0) is 4.79 Å². The van der Waals surface area contributed by atoms with Gasteiger partial charge in [0.1, 0.15) is 6.04 Å². The molecule has 2 amide bonds. The van der Waals surface area contributed by atoms with Gasteiger partial charge in [-0.05, 0) is 43.0 Å². The summed E-state index contributed by atoms with van der Waals surface area (Å²) < 4.78 is 0. The molecule has 0 heterocycles. The molecular formula is C17H25ClN2O3. The fraction of sp³-hybridized carbons (Fsp3) is 0.529. The Kier molecular flexibility index (Phi) is 8.06. The van der Waals surface area contributed by atoms with E-state index >= 15 is 0 Å². The van der Waals surface area contributed by atoms with E-state index in [0.29, 0.717) is 17.0 Å². The molecule has 0 saturated carbocycles. The summed E-state index contributed by atoms with van der Waals surface area (Å²) in [7, 11) is 0. The van der Waals surface area contributed by atoms with Gasteiger partial charge < -0.3 is 15.7 Å². The lowest BCUT2D eigenvalue weighted by molar-refractivity contribution is -0.124. The van der Waals surface area contributed by atoms with Gasteiger partial charge in [0.05, 0.1) is 0 Å². The fourth-order valence-corrected chi connectivity index (χ4v) is 2.31. The molecule has 5 nitrogen and oxygen atoms in total. The molecule has 2 atom stereocenters. The Morgan fingerprint density at radius 3 is 2.26 bits per heavy atom. The van der Waals surface area contributed by atoms with Gasteiger partial charge in [0.2, 0.25) is 5.91 Å². The van der Waals surface area contributed by atoms with Gasteiger partial charge in [0, 0.05) is 23.2 Å². The first-order chi connectivity index (χ1) is 10.9. The van der Waals surface area contributed by atoms with E-state index in [0.717, 1.165) is 6.42 Å². The van der Waals surface area contributed by atoms with E-state index < -0.39 is 6.04 Å². The normalized spacial score (nSPS) is 13.5. The third-order valence-corrected chi connectivity index (χ3v) is 3.91. The zero-order valence-electron chi connectivity index (χ0n) is 13.8. The van der Waals surface area contributed by atoms with E-state index in [-0.39, 0.29) is 30.4 Å². The van der Waals surface area contributed by atoms with Crippen LogP contribution in [0.5, 0.6) is 0 Å². The molecule has 1 rings (SSSR count). The molecule has 2 unspecified atom stereocenters. The van der Waals surface area contributed by atoms with E-state index in [2.05, 4.69) is 10.6 Å². The Morgan fingerprint density at radius 1 is 1.17 bits per heavy atom. The molecule has 0 aliphatic carbocycles. The maximum Gasteiger partial charge on any atom is 0.251 e. The molecule has 1 aromatic carbocycles. The molecule has 0 spiro atoms. The maximum absolute atomic E-state index is 12.4. The minimum atomic E-state index is -0.633. The number of amides is 2. The van der Waals surface area contributed by atoms with Crippen LogP contribution in [0.2, 0.25) is 5.02 Å². The van der Waals surface area contributed by atoms with Crippen molar-refractivity contribution in [3.05, 3.63) is 34.9 Å². The van der Waals surface area contributed by atoms with Crippen molar-refractivity contribution in [2.45, 2.75) is 45.7 Å².